The maximum Gasteiger partial charge on any atom is 0.275 e. The molecule has 0 aromatic heterocycles. The molecule has 0 bridgehead atoms. The lowest BCUT2D eigenvalue weighted by Gasteiger charge is -2.25. The molecule has 130 valence electrons. The van der Waals surface area contributed by atoms with Crippen molar-refractivity contribution in [1.29, 1.82) is 0 Å². The monoisotopic (exact) mass is 362 g/mol. The first-order valence-electron chi connectivity index (χ1n) is 7.32. The Labute approximate surface area is 148 Å². The highest BCUT2D eigenvalue weighted by molar-refractivity contribution is 6.32. The van der Waals surface area contributed by atoms with Gasteiger partial charge in [-0.05, 0) is 18.2 Å². The first-order valence-corrected chi connectivity index (χ1v) is 7.70. The molecular weight excluding hydrogens is 348 g/mol. The lowest BCUT2D eigenvalue weighted by Crippen LogP contribution is -2.45. The van der Waals surface area contributed by atoms with Gasteiger partial charge in [0.25, 0.3) is 17.9 Å². The van der Waals surface area contributed by atoms with E-state index in [-0.39, 0.29) is 5.02 Å². The SMILES string of the molecule is COc1cc(OC)c(NC(=O)[C@@H]2Oc3ccccc3NC2=O)cc1Cl. The van der Waals surface area contributed by atoms with Crippen LogP contribution < -0.4 is 24.8 Å². The third-order valence-corrected chi connectivity index (χ3v) is 3.89. The largest absolute Gasteiger partial charge is 0.495 e. The number of para-hydroxylation sites is 2. The van der Waals surface area contributed by atoms with Crippen molar-refractivity contribution in [3.8, 4) is 17.2 Å². The van der Waals surface area contributed by atoms with Crippen molar-refractivity contribution < 1.29 is 23.8 Å². The van der Waals surface area contributed by atoms with Crippen LogP contribution in [-0.4, -0.2) is 32.1 Å². The zero-order chi connectivity index (χ0) is 18.0. The van der Waals surface area contributed by atoms with E-state index in [4.69, 9.17) is 25.8 Å². The maximum absolute atomic E-state index is 12.5. The number of halogens is 1. The predicted octanol–water partition coefficient (Wildman–Crippen LogP) is 2.70. The highest BCUT2D eigenvalue weighted by atomic mass is 35.5. The molecule has 1 atom stereocenters. The molecule has 1 aliphatic heterocycles. The van der Waals surface area contributed by atoms with Gasteiger partial charge in [0.05, 0.1) is 30.6 Å². The summed E-state index contributed by atoms with van der Waals surface area (Å²) in [6, 6.07) is 9.87. The van der Waals surface area contributed by atoms with Crippen molar-refractivity contribution >= 4 is 34.8 Å². The Bertz CT molecular complexity index is 840. The minimum absolute atomic E-state index is 0.290. The molecular formula is C17H15ClN2O5. The Hall–Kier alpha value is -2.93. The van der Waals surface area contributed by atoms with E-state index in [1.165, 1.54) is 26.4 Å². The van der Waals surface area contributed by atoms with E-state index in [2.05, 4.69) is 10.6 Å². The molecule has 1 heterocycles. The molecule has 1 aliphatic rings. The second kappa shape index (κ2) is 6.90. The number of carbonyl (C=O) groups excluding carboxylic acids is 2. The fraction of sp³-hybridized carbons (Fsp3) is 0.176. The van der Waals surface area contributed by atoms with Crippen LogP contribution in [0, 0.1) is 0 Å². The van der Waals surface area contributed by atoms with Crippen LogP contribution in [0.5, 0.6) is 17.2 Å². The molecule has 0 saturated carbocycles. The standard InChI is InChI=1S/C17H15ClN2O5/c1-23-13-8-14(24-2)11(7-9(13)18)20-17(22)15-16(21)19-10-5-3-4-6-12(10)25-15/h3-8,15H,1-2H3,(H,19,21)(H,20,22)/t15-/m1/s1. The quantitative estimate of drug-likeness (QED) is 0.817. The average Bonchev–Trinajstić information content (AvgIpc) is 2.61. The van der Waals surface area contributed by atoms with Crippen LogP contribution in [0.1, 0.15) is 0 Å². The van der Waals surface area contributed by atoms with E-state index in [1.807, 2.05) is 0 Å². The van der Waals surface area contributed by atoms with Gasteiger partial charge >= 0.3 is 0 Å². The topological polar surface area (TPSA) is 85.9 Å². The number of carbonyl (C=O) groups is 2. The molecule has 2 amide bonds. The van der Waals surface area contributed by atoms with Gasteiger partial charge < -0.3 is 24.8 Å². The molecule has 0 fully saturated rings. The van der Waals surface area contributed by atoms with Gasteiger partial charge in [-0.3, -0.25) is 9.59 Å². The molecule has 0 radical (unpaired) electrons. The molecule has 0 spiro atoms. The van der Waals surface area contributed by atoms with Crippen molar-refractivity contribution in [1.82, 2.24) is 0 Å². The van der Waals surface area contributed by atoms with E-state index in [9.17, 15) is 9.59 Å². The first kappa shape index (κ1) is 16.9. The summed E-state index contributed by atoms with van der Waals surface area (Å²) < 4.78 is 15.8. The summed E-state index contributed by atoms with van der Waals surface area (Å²) in [6.45, 7) is 0. The van der Waals surface area contributed by atoms with Crippen LogP contribution in [0.25, 0.3) is 0 Å². The Morgan fingerprint density at radius 2 is 1.92 bits per heavy atom. The lowest BCUT2D eigenvalue weighted by atomic mass is 10.2. The number of hydrogen-bond donors (Lipinski definition) is 2. The van der Waals surface area contributed by atoms with Gasteiger partial charge in [-0.15, -0.1) is 0 Å². The van der Waals surface area contributed by atoms with E-state index >= 15 is 0 Å². The second-order valence-electron chi connectivity index (χ2n) is 5.16. The Morgan fingerprint density at radius 3 is 2.64 bits per heavy atom. The predicted molar refractivity (Wildman–Crippen MR) is 92.7 cm³/mol. The molecule has 8 heteroatoms. The summed E-state index contributed by atoms with van der Waals surface area (Å²) in [6.07, 6.45) is -1.33. The first-order chi connectivity index (χ1) is 12.0. The molecule has 0 unspecified atom stereocenters. The summed E-state index contributed by atoms with van der Waals surface area (Å²) in [7, 11) is 2.91. The Balaban J connectivity index is 1.83. The highest BCUT2D eigenvalue weighted by Gasteiger charge is 2.34. The number of fused-ring (bicyclic) bond motifs is 1. The lowest BCUT2D eigenvalue weighted by molar-refractivity contribution is -0.133. The van der Waals surface area contributed by atoms with Gasteiger partial charge in [0.2, 0.25) is 0 Å². The third kappa shape index (κ3) is 3.32. The summed E-state index contributed by atoms with van der Waals surface area (Å²) in [5.74, 6) is -0.0494. The number of nitrogens with one attached hydrogen (secondary N) is 2. The maximum atomic E-state index is 12.5. The second-order valence-corrected chi connectivity index (χ2v) is 5.57. The smallest absolute Gasteiger partial charge is 0.275 e. The van der Waals surface area contributed by atoms with Gasteiger partial charge in [-0.1, -0.05) is 23.7 Å². The van der Waals surface area contributed by atoms with Crippen molar-refractivity contribution in [2.45, 2.75) is 6.10 Å². The van der Waals surface area contributed by atoms with E-state index in [0.717, 1.165) is 0 Å². The zero-order valence-electron chi connectivity index (χ0n) is 13.5. The van der Waals surface area contributed by atoms with Crippen LogP contribution in [0.4, 0.5) is 11.4 Å². The molecule has 3 rings (SSSR count). The molecule has 25 heavy (non-hydrogen) atoms. The van der Waals surface area contributed by atoms with Gasteiger partial charge in [0.1, 0.15) is 17.2 Å². The molecule has 0 saturated heterocycles. The van der Waals surface area contributed by atoms with Gasteiger partial charge in [-0.25, -0.2) is 0 Å². The molecule has 2 N–H and O–H groups in total. The Morgan fingerprint density at radius 1 is 1.20 bits per heavy atom. The third-order valence-electron chi connectivity index (χ3n) is 3.60. The number of amides is 2. The van der Waals surface area contributed by atoms with Gasteiger partial charge in [-0.2, -0.15) is 0 Å². The number of methoxy groups -OCH3 is 2. The summed E-state index contributed by atoms with van der Waals surface area (Å²) >= 11 is 6.08. The summed E-state index contributed by atoms with van der Waals surface area (Å²) in [5, 5.41) is 5.52. The minimum atomic E-state index is -1.33. The van der Waals surface area contributed by atoms with E-state index < -0.39 is 17.9 Å². The van der Waals surface area contributed by atoms with E-state index in [1.54, 1.807) is 24.3 Å². The molecule has 7 nitrogen and oxygen atoms in total. The fourth-order valence-corrected chi connectivity index (χ4v) is 2.62. The molecule has 0 aliphatic carbocycles. The number of benzene rings is 2. The zero-order valence-corrected chi connectivity index (χ0v) is 14.2. The van der Waals surface area contributed by atoms with E-state index in [0.29, 0.717) is 28.6 Å². The van der Waals surface area contributed by atoms with Crippen molar-refractivity contribution in [3.05, 3.63) is 41.4 Å². The molecule has 2 aromatic rings. The number of ether oxygens (including phenoxy) is 3. The molecule has 2 aromatic carbocycles. The van der Waals surface area contributed by atoms with Crippen molar-refractivity contribution in [2.75, 3.05) is 24.9 Å². The average molecular weight is 363 g/mol. The summed E-state index contributed by atoms with van der Waals surface area (Å²) in [5.41, 5.74) is 0.815. The highest BCUT2D eigenvalue weighted by Crippen LogP contribution is 2.36. The van der Waals surface area contributed by atoms with Crippen LogP contribution >= 0.6 is 11.6 Å². The van der Waals surface area contributed by atoms with Gasteiger partial charge in [0.15, 0.2) is 0 Å². The van der Waals surface area contributed by atoms with Crippen LogP contribution in [0.3, 0.4) is 0 Å². The summed E-state index contributed by atoms with van der Waals surface area (Å²) in [4.78, 5) is 24.6. The minimum Gasteiger partial charge on any atom is -0.495 e. The van der Waals surface area contributed by atoms with Crippen LogP contribution in [0.2, 0.25) is 5.02 Å². The van der Waals surface area contributed by atoms with Gasteiger partial charge in [0, 0.05) is 6.07 Å². The number of hydrogen-bond acceptors (Lipinski definition) is 5. The van der Waals surface area contributed by atoms with Crippen molar-refractivity contribution in [3.63, 3.8) is 0 Å². The fourth-order valence-electron chi connectivity index (χ4n) is 2.38. The van der Waals surface area contributed by atoms with Crippen LogP contribution in [0.15, 0.2) is 36.4 Å². The normalized spacial score (nSPS) is 15.5. The number of anilines is 2. The Kier molecular flexibility index (Phi) is 4.67. The van der Waals surface area contributed by atoms with Crippen molar-refractivity contribution in [2.24, 2.45) is 0 Å². The van der Waals surface area contributed by atoms with Crippen LogP contribution in [-0.2, 0) is 9.59 Å². The number of rotatable bonds is 4.